The van der Waals surface area contributed by atoms with Crippen LogP contribution < -0.4 is 10.5 Å². The van der Waals surface area contributed by atoms with E-state index in [0.717, 1.165) is 23.8 Å². The van der Waals surface area contributed by atoms with Crippen LogP contribution in [0, 0.1) is 6.92 Å². The maximum Gasteiger partial charge on any atom is 0.119 e. The Kier molecular flexibility index (Phi) is 3.67. The summed E-state index contributed by atoms with van der Waals surface area (Å²) in [4.78, 5) is 4.46. The van der Waals surface area contributed by atoms with Gasteiger partial charge in [-0.05, 0) is 31.5 Å². The van der Waals surface area contributed by atoms with E-state index in [-0.39, 0.29) is 6.04 Å². The number of nitrogens with zero attached hydrogens (tertiary/aromatic N) is 2. The lowest BCUT2D eigenvalue weighted by Gasteiger charge is -2.07. The van der Waals surface area contributed by atoms with Crippen molar-refractivity contribution < 1.29 is 4.74 Å². The van der Waals surface area contributed by atoms with Crippen molar-refractivity contribution in [1.82, 2.24) is 9.55 Å². The van der Waals surface area contributed by atoms with Crippen LogP contribution >= 0.6 is 0 Å². The predicted octanol–water partition coefficient (Wildman–Crippen LogP) is 2.27. The van der Waals surface area contributed by atoms with Crippen molar-refractivity contribution in [3.05, 3.63) is 47.5 Å². The Morgan fingerprint density at radius 3 is 2.83 bits per heavy atom. The Morgan fingerprint density at radius 1 is 1.44 bits per heavy atom. The summed E-state index contributed by atoms with van der Waals surface area (Å²) >= 11 is 0. The minimum absolute atomic E-state index is 0.0322. The number of rotatable bonds is 4. The van der Waals surface area contributed by atoms with Crippen molar-refractivity contribution in [3.8, 4) is 5.75 Å². The molecule has 96 valence electrons. The lowest BCUT2D eigenvalue weighted by atomic mass is 10.2. The molecule has 1 atom stereocenters. The Morgan fingerprint density at radius 2 is 2.22 bits per heavy atom. The molecule has 0 radical (unpaired) electrons. The van der Waals surface area contributed by atoms with Crippen LogP contribution in [0.15, 0.2) is 30.5 Å². The Hall–Kier alpha value is -1.81. The molecule has 1 aromatic carbocycles. The Labute approximate surface area is 107 Å². The van der Waals surface area contributed by atoms with E-state index in [9.17, 15) is 0 Å². The third kappa shape index (κ3) is 2.71. The molecule has 18 heavy (non-hydrogen) atoms. The van der Waals surface area contributed by atoms with Gasteiger partial charge in [0.25, 0.3) is 0 Å². The van der Waals surface area contributed by atoms with Crippen LogP contribution in [0.4, 0.5) is 0 Å². The number of aryl methyl sites for hydroxylation is 1. The Bertz CT molecular complexity index is 532. The second-order valence-corrected chi connectivity index (χ2v) is 4.48. The summed E-state index contributed by atoms with van der Waals surface area (Å²) in [5, 5.41) is 0. The van der Waals surface area contributed by atoms with Crippen molar-refractivity contribution >= 4 is 0 Å². The fourth-order valence-corrected chi connectivity index (χ4v) is 1.88. The second kappa shape index (κ2) is 5.23. The molecule has 4 nitrogen and oxygen atoms in total. The van der Waals surface area contributed by atoms with E-state index in [2.05, 4.69) is 15.6 Å². The van der Waals surface area contributed by atoms with E-state index in [1.54, 1.807) is 7.11 Å². The van der Waals surface area contributed by atoms with Gasteiger partial charge in [0.1, 0.15) is 11.6 Å². The summed E-state index contributed by atoms with van der Waals surface area (Å²) in [5.74, 6) is 1.85. The van der Waals surface area contributed by atoms with Crippen molar-refractivity contribution in [2.75, 3.05) is 7.11 Å². The van der Waals surface area contributed by atoms with Crippen LogP contribution in [0.5, 0.6) is 5.75 Å². The predicted molar refractivity (Wildman–Crippen MR) is 71.7 cm³/mol. The summed E-state index contributed by atoms with van der Waals surface area (Å²) in [6, 6.07) is 8.01. The summed E-state index contributed by atoms with van der Waals surface area (Å²) in [6.07, 6.45) is 2.01. The first-order chi connectivity index (χ1) is 8.60. The minimum atomic E-state index is -0.0322. The molecule has 2 N–H and O–H groups in total. The molecule has 0 aliphatic rings. The van der Waals surface area contributed by atoms with Gasteiger partial charge >= 0.3 is 0 Å². The summed E-state index contributed by atoms with van der Waals surface area (Å²) in [6.45, 7) is 4.71. The topological polar surface area (TPSA) is 53.1 Å². The minimum Gasteiger partial charge on any atom is -0.497 e. The average molecular weight is 245 g/mol. The molecule has 0 aliphatic heterocycles. The van der Waals surface area contributed by atoms with E-state index in [1.165, 1.54) is 5.56 Å². The van der Waals surface area contributed by atoms with E-state index >= 15 is 0 Å². The van der Waals surface area contributed by atoms with Gasteiger partial charge in [0.05, 0.1) is 12.8 Å². The number of methoxy groups -OCH3 is 1. The lowest BCUT2D eigenvalue weighted by molar-refractivity contribution is 0.414. The van der Waals surface area contributed by atoms with Gasteiger partial charge < -0.3 is 15.0 Å². The second-order valence-electron chi connectivity index (χ2n) is 4.48. The monoisotopic (exact) mass is 245 g/mol. The average Bonchev–Trinajstić information content (AvgIpc) is 2.71. The molecule has 0 saturated carbocycles. The van der Waals surface area contributed by atoms with Crippen molar-refractivity contribution in [3.63, 3.8) is 0 Å². The molecule has 0 bridgehead atoms. The molecule has 0 aliphatic carbocycles. The zero-order valence-electron chi connectivity index (χ0n) is 11.1. The van der Waals surface area contributed by atoms with Gasteiger partial charge in [0, 0.05) is 18.8 Å². The van der Waals surface area contributed by atoms with Crippen molar-refractivity contribution in [2.24, 2.45) is 5.73 Å². The number of hydrogen-bond donors (Lipinski definition) is 1. The van der Waals surface area contributed by atoms with Gasteiger partial charge in [0.2, 0.25) is 0 Å². The molecular weight excluding hydrogens is 226 g/mol. The fraction of sp³-hybridized carbons (Fsp3) is 0.357. The highest BCUT2D eigenvalue weighted by Crippen LogP contribution is 2.16. The van der Waals surface area contributed by atoms with Crippen LogP contribution in [0.2, 0.25) is 0 Å². The number of ether oxygens (including phenoxy) is 1. The first-order valence-corrected chi connectivity index (χ1v) is 6.02. The highest BCUT2D eigenvalue weighted by molar-refractivity contribution is 5.29. The smallest absolute Gasteiger partial charge is 0.119 e. The van der Waals surface area contributed by atoms with Crippen LogP contribution in [-0.4, -0.2) is 16.7 Å². The number of hydrogen-bond acceptors (Lipinski definition) is 3. The maximum atomic E-state index is 5.84. The molecule has 0 saturated heterocycles. The highest BCUT2D eigenvalue weighted by atomic mass is 16.5. The third-order valence-electron chi connectivity index (χ3n) is 2.95. The zero-order chi connectivity index (χ0) is 13.1. The molecule has 1 aromatic heterocycles. The fourth-order valence-electron chi connectivity index (χ4n) is 1.88. The molecular formula is C14H19N3O. The Balaban J connectivity index is 2.22. The third-order valence-corrected chi connectivity index (χ3v) is 2.95. The van der Waals surface area contributed by atoms with Gasteiger partial charge in [-0.25, -0.2) is 4.98 Å². The molecule has 0 fully saturated rings. The highest BCUT2D eigenvalue weighted by Gasteiger charge is 2.08. The maximum absolute atomic E-state index is 5.84. The summed E-state index contributed by atoms with van der Waals surface area (Å²) in [5.41, 5.74) is 7.95. The molecule has 0 spiro atoms. The molecule has 0 amide bonds. The first kappa shape index (κ1) is 12.6. The van der Waals surface area contributed by atoms with Gasteiger partial charge in [-0.1, -0.05) is 12.1 Å². The van der Waals surface area contributed by atoms with Crippen LogP contribution in [-0.2, 0) is 6.54 Å². The van der Waals surface area contributed by atoms with E-state index in [1.807, 2.05) is 38.2 Å². The molecule has 2 aromatic rings. The van der Waals surface area contributed by atoms with Crippen LogP contribution in [0.1, 0.15) is 30.0 Å². The van der Waals surface area contributed by atoms with Gasteiger partial charge in [-0.15, -0.1) is 0 Å². The molecule has 0 unspecified atom stereocenters. The van der Waals surface area contributed by atoms with Crippen molar-refractivity contribution in [2.45, 2.75) is 26.4 Å². The SMILES string of the molecule is COc1cccc(Cn2cc([C@@H](C)N)nc2C)c1. The number of aromatic nitrogens is 2. The summed E-state index contributed by atoms with van der Waals surface area (Å²) in [7, 11) is 1.68. The summed E-state index contributed by atoms with van der Waals surface area (Å²) < 4.78 is 7.33. The van der Waals surface area contributed by atoms with Gasteiger partial charge in [-0.2, -0.15) is 0 Å². The van der Waals surface area contributed by atoms with Crippen LogP contribution in [0.25, 0.3) is 0 Å². The van der Waals surface area contributed by atoms with E-state index in [0.29, 0.717) is 0 Å². The first-order valence-electron chi connectivity index (χ1n) is 6.02. The number of benzene rings is 1. The van der Waals surface area contributed by atoms with Crippen LogP contribution in [0.3, 0.4) is 0 Å². The van der Waals surface area contributed by atoms with E-state index < -0.39 is 0 Å². The molecule has 2 rings (SSSR count). The number of nitrogens with two attached hydrogens (primary N) is 1. The van der Waals surface area contributed by atoms with E-state index in [4.69, 9.17) is 10.5 Å². The largest absolute Gasteiger partial charge is 0.497 e. The molecule has 4 heteroatoms. The molecule has 1 heterocycles. The lowest BCUT2D eigenvalue weighted by Crippen LogP contribution is -2.05. The zero-order valence-corrected chi connectivity index (χ0v) is 11.1. The van der Waals surface area contributed by atoms with Crippen molar-refractivity contribution in [1.29, 1.82) is 0 Å². The normalized spacial score (nSPS) is 12.4. The van der Waals surface area contributed by atoms with Gasteiger partial charge in [-0.3, -0.25) is 0 Å². The number of imidazole rings is 1. The standard InChI is InChI=1S/C14H19N3O/c1-10(15)14-9-17(11(2)16-14)8-12-5-4-6-13(7-12)18-3/h4-7,9-10H,8,15H2,1-3H3/t10-/m1/s1. The quantitative estimate of drug-likeness (QED) is 0.899. The van der Waals surface area contributed by atoms with Gasteiger partial charge in [0.15, 0.2) is 0 Å².